The van der Waals surface area contributed by atoms with E-state index in [-0.39, 0.29) is 0 Å². The Balaban J connectivity index is 3.21. The van der Waals surface area contributed by atoms with E-state index in [1.807, 2.05) is 0 Å². The van der Waals surface area contributed by atoms with Gasteiger partial charge in [-0.2, -0.15) is 0 Å². The summed E-state index contributed by atoms with van der Waals surface area (Å²) < 4.78 is 0. The minimum Gasteiger partial charge on any atom is -0.368 e. The Morgan fingerprint density at radius 2 is 2.10 bits per heavy atom. The number of rotatable bonds is 5. The molecule has 0 aliphatic rings. The summed E-state index contributed by atoms with van der Waals surface area (Å²) in [6.07, 6.45) is 2.21. The van der Waals surface area contributed by atoms with Gasteiger partial charge in [0.1, 0.15) is 0 Å². The Kier molecular flexibility index (Phi) is 4.88. The zero-order valence-corrected chi connectivity index (χ0v) is 5.97. The molecule has 5 N–H and O–H groups in total. The van der Waals surface area contributed by atoms with E-state index in [2.05, 4.69) is 0 Å². The fourth-order valence-corrected chi connectivity index (χ4v) is 0.635. The van der Waals surface area contributed by atoms with Gasteiger partial charge in [-0.1, -0.05) is 6.42 Å². The minimum absolute atomic E-state index is 0.534. The number of carbonyl (C=O) groups excluding carboxylic acids is 1. The molecule has 4 nitrogen and oxygen atoms in total. The van der Waals surface area contributed by atoms with Crippen molar-refractivity contribution in [2.75, 3.05) is 6.54 Å². The van der Waals surface area contributed by atoms with E-state index < -0.39 is 11.9 Å². The average Bonchev–Trinajstić information content (AvgIpc) is 1.88. The van der Waals surface area contributed by atoms with Crippen LogP contribution in [-0.2, 0) is 4.79 Å². The lowest BCUT2D eigenvalue weighted by Crippen LogP contribution is -2.29. The normalized spacial score (nSPS) is 13.0. The van der Waals surface area contributed by atoms with Crippen LogP contribution in [0.2, 0.25) is 0 Å². The lowest BCUT2D eigenvalue weighted by atomic mass is 10.1. The number of amides is 1. The second kappa shape index (κ2) is 5.20. The van der Waals surface area contributed by atoms with Gasteiger partial charge in [-0.25, -0.2) is 5.73 Å². The van der Waals surface area contributed by atoms with Crippen molar-refractivity contribution in [3.05, 3.63) is 0 Å². The fourth-order valence-electron chi connectivity index (χ4n) is 0.635. The Hall–Kier alpha value is -0.610. The highest BCUT2D eigenvalue weighted by molar-refractivity contribution is 5.79. The SMILES string of the molecule is [NH]C(CCCCN)C(N)=O. The van der Waals surface area contributed by atoms with Crippen molar-refractivity contribution >= 4 is 5.91 Å². The number of nitrogens with one attached hydrogen (secondary N) is 1. The highest BCUT2D eigenvalue weighted by Crippen LogP contribution is 1.97. The minimum atomic E-state index is -0.744. The number of hydrogen-bond acceptors (Lipinski definition) is 2. The number of nitrogens with two attached hydrogens (primary N) is 2. The molecule has 0 bridgehead atoms. The smallest absolute Gasteiger partial charge is 0.235 e. The van der Waals surface area contributed by atoms with Gasteiger partial charge >= 0.3 is 0 Å². The maximum absolute atomic E-state index is 10.3. The first kappa shape index (κ1) is 9.39. The monoisotopic (exact) mass is 144 g/mol. The van der Waals surface area contributed by atoms with E-state index in [1.54, 1.807) is 0 Å². The summed E-state index contributed by atoms with van der Waals surface area (Å²) in [4.78, 5) is 10.3. The molecule has 10 heavy (non-hydrogen) atoms. The van der Waals surface area contributed by atoms with Crippen LogP contribution in [0.5, 0.6) is 0 Å². The summed E-state index contributed by atoms with van der Waals surface area (Å²) in [5, 5.41) is 0. The summed E-state index contributed by atoms with van der Waals surface area (Å²) in [5.74, 6) is -0.544. The lowest BCUT2D eigenvalue weighted by molar-refractivity contribution is -0.119. The van der Waals surface area contributed by atoms with Crippen molar-refractivity contribution in [3.8, 4) is 0 Å². The topological polar surface area (TPSA) is 92.9 Å². The number of unbranched alkanes of at least 4 members (excludes halogenated alkanes) is 1. The predicted octanol–water partition coefficient (Wildman–Crippen LogP) is -0.748. The molecule has 0 aromatic carbocycles. The van der Waals surface area contributed by atoms with E-state index in [0.29, 0.717) is 13.0 Å². The Morgan fingerprint density at radius 3 is 2.50 bits per heavy atom. The van der Waals surface area contributed by atoms with Gasteiger partial charge in [0.15, 0.2) is 0 Å². The van der Waals surface area contributed by atoms with Crippen LogP contribution in [0.15, 0.2) is 0 Å². The molecule has 1 radical (unpaired) electrons. The van der Waals surface area contributed by atoms with Gasteiger partial charge in [0, 0.05) is 0 Å². The third-order valence-corrected chi connectivity index (χ3v) is 1.29. The van der Waals surface area contributed by atoms with Crippen molar-refractivity contribution in [2.45, 2.75) is 25.3 Å². The van der Waals surface area contributed by atoms with Crippen molar-refractivity contribution in [1.82, 2.24) is 5.73 Å². The molecule has 1 atom stereocenters. The van der Waals surface area contributed by atoms with Gasteiger partial charge in [-0.15, -0.1) is 0 Å². The number of hydrogen-bond donors (Lipinski definition) is 2. The average molecular weight is 144 g/mol. The van der Waals surface area contributed by atoms with Crippen molar-refractivity contribution in [2.24, 2.45) is 11.5 Å². The fraction of sp³-hybridized carbons (Fsp3) is 0.833. The third-order valence-electron chi connectivity index (χ3n) is 1.29. The molecule has 0 aromatic rings. The molecule has 0 spiro atoms. The second-order valence-electron chi connectivity index (χ2n) is 2.24. The van der Waals surface area contributed by atoms with Crippen LogP contribution >= 0.6 is 0 Å². The first-order valence-corrected chi connectivity index (χ1v) is 3.39. The molecule has 0 aromatic heterocycles. The van der Waals surface area contributed by atoms with Crippen LogP contribution < -0.4 is 17.2 Å². The first-order valence-electron chi connectivity index (χ1n) is 3.39. The second-order valence-corrected chi connectivity index (χ2v) is 2.24. The first-order chi connectivity index (χ1) is 4.68. The molecule has 4 heteroatoms. The highest BCUT2D eigenvalue weighted by atomic mass is 16.1. The maximum atomic E-state index is 10.3. The van der Waals surface area contributed by atoms with Gasteiger partial charge in [0.05, 0.1) is 6.04 Å². The molecule has 0 heterocycles. The molecule has 0 aliphatic carbocycles. The molecule has 0 aliphatic heterocycles. The van der Waals surface area contributed by atoms with Gasteiger partial charge in [0.25, 0.3) is 0 Å². The molecule has 1 unspecified atom stereocenters. The van der Waals surface area contributed by atoms with Crippen LogP contribution in [0.4, 0.5) is 0 Å². The summed E-state index contributed by atoms with van der Waals surface area (Å²) >= 11 is 0. The Morgan fingerprint density at radius 1 is 1.50 bits per heavy atom. The predicted molar refractivity (Wildman–Crippen MR) is 39.0 cm³/mol. The van der Waals surface area contributed by atoms with E-state index in [0.717, 1.165) is 12.8 Å². The standard InChI is InChI=1S/C6H14N3O/c7-4-2-1-3-5(8)6(9)10/h5,8H,1-4,7H2,(H2,9,10). The zero-order valence-electron chi connectivity index (χ0n) is 5.97. The quantitative estimate of drug-likeness (QED) is 0.497. The number of primary amides is 1. The van der Waals surface area contributed by atoms with Gasteiger partial charge in [-0.3, -0.25) is 4.79 Å². The van der Waals surface area contributed by atoms with E-state index in [1.165, 1.54) is 0 Å². The largest absolute Gasteiger partial charge is 0.368 e. The maximum Gasteiger partial charge on any atom is 0.235 e. The lowest BCUT2D eigenvalue weighted by Gasteiger charge is -2.03. The van der Waals surface area contributed by atoms with Crippen LogP contribution in [0, 0.1) is 0 Å². The van der Waals surface area contributed by atoms with Crippen LogP contribution in [0.25, 0.3) is 0 Å². The van der Waals surface area contributed by atoms with E-state index in [9.17, 15) is 4.79 Å². The molecule has 0 saturated carbocycles. The van der Waals surface area contributed by atoms with Crippen LogP contribution in [0.3, 0.4) is 0 Å². The highest BCUT2D eigenvalue weighted by Gasteiger charge is 2.07. The molecule has 0 rings (SSSR count). The van der Waals surface area contributed by atoms with E-state index in [4.69, 9.17) is 17.2 Å². The van der Waals surface area contributed by atoms with Gasteiger partial charge in [-0.05, 0) is 19.4 Å². The van der Waals surface area contributed by atoms with Crippen molar-refractivity contribution in [1.29, 1.82) is 0 Å². The number of carbonyl (C=O) groups is 1. The van der Waals surface area contributed by atoms with Crippen molar-refractivity contribution < 1.29 is 4.79 Å². The van der Waals surface area contributed by atoms with Crippen LogP contribution in [-0.4, -0.2) is 18.5 Å². The zero-order chi connectivity index (χ0) is 7.98. The van der Waals surface area contributed by atoms with Gasteiger partial charge < -0.3 is 11.5 Å². The van der Waals surface area contributed by atoms with Crippen molar-refractivity contribution in [3.63, 3.8) is 0 Å². The molecule has 0 fully saturated rings. The summed E-state index contributed by atoms with van der Waals surface area (Å²) in [5.41, 5.74) is 17.2. The molecular weight excluding hydrogens is 130 g/mol. The summed E-state index contributed by atoms with van der Waals surface area (Å²) in [6, 6.07) is -0.744. The Bertz CT molecular complexity index is 105. The van der Waals surface area contributed by atoms with E-state index >= 15 is 0 Å². The Labute approximate surface area is 60.7 Å². The molecule has 59 valence electrons. The van der Waals surface area contributed by atoms with Crippen LogP contribution in [0.1, 0.15) is 19.3 Å². The third kappa shape index (κ3) is 4.29. The van der Waals surface area contributed by atoms with Gasteiger partial charge in [0.2, 0.25) is 5.91 Å². The molecular formula is C6H14N3O. The summed E-state index contributed by atoms with van der Waals surface area (Å²) in [6.45, 7) is 0.617. The summed E-state index contributed by atoms with van der Waals surface area (Å²) in [7, 11) is 0. The molecule has 1 amide bonds. The molecule has 0 saturated heterocycles.